The molecule has 4 atom stereocenters. The fourth-order valence-electron chi connectivity index (χ4n) is 3.09. The van der Waals surface area contributed by atoms with Gasteiger partial charge in [0.2, 0.25) is 0 Å². The third kappa shape index (κ3) is 7.50. The molecular formula is C20H26O6S2. The van der Waals surface area contributed by atoms with Gasteiger partial charge in [-0.25, -0.2) is 0 Å². The van der Waals surface area contributed by atoms with Gasteiger partial charge in [-0.3, -0.25) is 9.59 Å². The Hall–Kier alpha value is -1.48. The Labute approximate surface area is 173 Å². The van der Waals surface area contributed by atoms with Crippen molar-refractivity contribution in [1.82, 2.24) is 0 Å². The maximum absolute atomic E-state index is 12.2. The van der Waals surface area contributed by atoms with Crippen molar-refractivity contribution >= 4 is 35.3 Å². The first-order valence-corrected chi connectivity index (χ1v) is 11.3. The van der Waals surface area contributed by atoms with E-state index in [4.69, 9.17) is 5.11 Å². The highest BCUT2D eigenvalue weighted by atomic mass is 32.2. The van der Waals surface area contributed by atoms with E-state index in [1.54, 1.807) is 30.4 Å². The summed E-state index contributed by atoms with van der Waals surface area (Å²) in [5.41, 5.74) is 0.796. The lowest BCUT2D eigenvalue weighted by Crippen LogP contribution is -2.22. The van der Waals surface area contributed by atoms with Crippen molar-refractivity contribution < 1.29 is 30.0 Å². The largest absolute Gasteiger partial charge is 0.508 e. The van der Waals surface area contributed by atoms with E-state index in [1.807, 2.05) is 6.07 Å². The third-order valence-electron chi connectivity index (χ3n) is 4.39. The standard InChI is InChI=1S/C20H26O6S2/c21-14-4-1-3-13(9-14)10-15(22)5-6-16-17(23)11-18(24)20(16)28-8-2-7-27-12-19(25)26/h1,3-6,9,15-17,20-23H,2,7-8,10-12H2,(H,25,26)/t15?,16-,17?,20?/m0/s1. The zero-order chi connectivity index (χ0) is 20.5. The summed E-state index contributed by atoms with van der Waals surface area (Å²) < 4.78 is 0. The van der Waals surface area contributed by atoms with Crippen LogP contribution < -0.4 is 0 Å². The number of hydrogen-bond donors (Lipinski definition) is 4. The van der Waals surface area contributed by atoms with Crippen molar-refractivity contribution in [2.75, 3.05) is 17.3 Å². The zero-order valence-electron chi connectivity index (χ0n) is 15.4. The highest BCUT2D eigenvalue weighted by molar-refractivity contribution is 8.01. The first-order valence-electron chi connectivity index (χ1n) is 9.13. The number of rotatable bonds is 11. The van der Waals surface area contributed by atoms with Gasteiger partial charge < -0.3 is 20.4 Å². The van der Waals surface area contributed by atoms with Crippen LogP contribution in [0.4, 0.5) is 0 Å². The Balaban J connectivity index is 1.83. The van der Waals surface area contributed by atoms with E-state index in [9.17, 15) is 24.9 Å². The molecule has 0 aromatic heterocycles. The molecule has 0 heterocycles. The normalized spacial score (nSPS) is 23.4. The Morgan fingerprint density at radius 3 is 2.82 bits per heavy atom. The van der Waals surface area contributed by atoms with Gasteiger partial charge in [0, 0.05) is 18.8 Å². The minimum Gasteiger partial charge on any atom is -0.508 e. The molecule has 1 aromatic carbocycles. The molecular weight excluding hydrogens is 400 g/mol. The van der Waals surface area contributed by atoms with Crippen LogP contribution in [0.25, 0.3) is 0 Å². The number of Topliss-reactive ketones (excluding diaryl/α,β-unsaturated/α-hetero) is 1. The molecule has 0 amide bonds. The summed E-state index contributed by atoms with van der Waals surface area (Å²) in [6.45, 7) is 0. The molecule has 3 unspecified atom stereocenters. The molecule has 1 aliphatic carbocycles. The van der Waals surface area contributed by atoms with Gasteiger partial charge in [0.15, 0.2) is 0 Å². The second kappa shape index (κ2) is 11.5. The lowest BCUT2D eigenvalue weighted by atomic mass is 10.0. The van der Waals surface area contributed by atoms with Crippen molar-refractivity contribution in [2.24, 2.45) is 5.92 Å². The number of phenolic OH excluding ortho intramolecular Hbond substituents is 1. The van der Waals surface area contributed by atoms with Crippen LogP contribution in [0.1, 0.15) is 18.4 Å². The Bertz CT molecular complexity index is 693. The highest BCUT2D eigenvalue weighted by Gasteiger charge is 2.40. The molecule has 0 spiro atoms. The molecule has 28 heavy (non-hydrogen) atoms. The Morgan fingerprint density at radius 2 is 2.11 bits per heavy atom. The molecule has 4 N–H and O–H groups in total. The second-order valence-electron chi connectivity index (χ2n) is 6.73. The van der Waals surface area contributed by atoms with Crippen LogP contribution in [-0.2, 0) is 16.0 Å². The van der Waals surface area contributed by atoms with E-state index in [-0.39, 0.29) is 34.9 Å². The van der Waals surface area contributed by atoms with Gasteiger partial charge >= 0.3 is 5.97 Å². The summed E-state index contributed by atoms with van der Waals surface area (Å²) >= 11 is 2.83. The molecule has 2 rings (SSSR count). The lowest BCUT2D eigenvalue weighted by Gasteiger charge is -2.17. The van der Waals surface area contributed by atoms with Gasteiger partial charge in [0.1, 0.15) is 11.5 Å². The number of carboxylic acid groups (broad SMARTS) is 1. The molecule has 0 saturated heterocycles. The van der Waals surface area contributed by atoms with Crippen molar-refractivity contribution in [1.29, 1.82) is 0 Å². The third-order valence-corrected chi connectivity index (χ3v) is 6.88. The van der Waals surface area contributed by atoms with E-state index < -0.39 is 18.2 Å². The summed E-state index contributed by atoms with van der Waals surface area (Å²) in [5, 5.41) is 38.2. The molecule has 154 valence electrons. The number of carbonyl (C=O) groups excluding carboxylic acids is 1. The second-order valence-corrected chi connectivity index (χ2v) is 9.09. The van der Waals surface area contributed by atoms with E-state index in [2.05, 4.69) is 0 Å². The molecule has 8 heteroatoms. The maximum Gasteiger partial charge on any atom is 0.313 e. The molecule has 1 fully saturated rings. The van der Waals surface area contributed by atoms with Gasteiger partial charge in [-0.15, -0.1) is 11.8 Å². The van der Waals surface area contributed by atoms with Gasteiger partial charge in [0.05, 0.1) is 23.2 Å². The van der Waals surface area contributed by atoms with Gasteiger partial charge in [0.25, 0.3) is 0 Å². The number of aliphatic hydroxyl groups is 2. The highest BCUT2D eigenvalue weighted by Crippen LogP contribution is 2.34. The van der Waals surface area contributed by atoms with Crippen LogP contribution in [-0.4, -0.2) is 66.9 Å². The summed E-state index contributed by atoms with van der Waals surface area (Å²) in [5.74, 6) is 0.479. The predicted octanol–water partition coefficient (Wildman–Crippen LogP) is 2.11. The fraction of sp³-hybridized carbons (Fsp3) is 0.500. The van der Waals surface area contributed by atoms with E-state index >= 15 is 0 Å². The van der Waals surface area contributed by atoms with Crippen molar-refractivity contribution in [2.45, 2.75) is 36.7 Å². The topological polar surface area (TPSA) is 115 Å². The maximum atomic E-state index is 12.2. The quantitative estimate of drug-likeness (QED) is 0.314. The summed E-state index contributed by atoms with van der Waals surface area (Å²) in [6, 6.07) is 6.67. The molecule has 0 radical (unpaired) electrons. The van der Waals surface area contributed by atoms with Crippen molar-refractivity contribution in [3.63, 3.8) is 0 Å². The molecule has 0 aliphatic heterocycles. The monoisotopic (exact) mass is 426 g/mol. The molecule has 1 saturated carbocycles. The van der Waals surface area contributed by atoms with Crippen molar-refractivity contribution in [3.05, 3.63) is 42.0 Å². The lowest BCUT2D eigenvalue weighted by molar-refractivity contribution is -0.133. The summed E-state index contributed by atoms with van der Waals surface area (Å²) in [4.78, 5) is 22.7. The number of thioether (sulfide) groups is 2. The van der Waals surface area contributed by atoms with Crippen LogP contribution >= 0.6 is 23.5 Å². The Morgan fingerprint density at radius 1 is 1.32 bits per heavy atom. The van der Waals surface area contributed by atoms with E-state index in [1.165, 1.54) is 23.5 Å². The number of hydrogen-bond acceptors (Lipinski definition) is 7. The minimum absolute atomic E-state index is 0.00723. The smallest absolute Gasteiger partial charge is 0.313 e. The van der Waals surface area contributed by atoms with Gasteiger partial charge in [-0.2, -0.15) is 11.8 Å². The number of carboxylic acids is 1. The van der Waals surface area contributed by atoms with Crippen molar-refractivity contribution in [3.8, 4) is 5.75 Å². The van der Waals surface area contributed by atoms with Crippen LogP contribution in [0, 0.1) is 5.92 Å². The minimum atomic E-state index is -0.832. The van der Waals surface area contributed by atoms with E-state index in [0.717, 1.165) is 12.0 Å². The van der Waals surface area contributed by atoms with Crippen LogP contribution in [0.3, 0.4) is 0 Å². The Kier molecular flexibility index (Phi) is 9.37. The number of aromatic hydroxyl groups is 1. The fourth-order valence-corrected chi connectivity index (χ4v) is 5.28. The SMILES string of the molecule is O=C(O)CSCCCSC1C(=O)CC(O)[C@@H]1C=CC(O)Cc1cccc(O)c1. The average molecular weight is 427 g/mol. The van der Waals surface area contributed by atoms with Crippen LogP contribution in [0.5, 0.6) is 5.75 Å². The number of ketones is 1. The van der Waals surface area contributed by atoms with Crippen LogP contribution in [0.2, 0.25) is 0 Å². The first-order chi connectivity index (χ1) is 13.4. The predicted molar refractivity (Wildman–Crippen MR) is 112 cm³/mol. The molecule has 0 bridgehead atoms. The first kappa shape index (κ1) is 22.8. The van der Waals surface area contributed by atoms with E-state index in [0.29, 0.717) is 17.9 Å². The molecule has 6 nitrogen and oxygen atoms in total. The number of benzene rings is 1. The summed E-state index contributed by atoms with van der Waals surface area (Å²) in [6.07, 6.45) is 3.04. The van der Waals surface area contributed by atoms with Gasteiger partial charge in [-0.1, -0.05) is 24.3 Å². The number of carbonyl (C=O) groups is 2. The number of phenols is 1. The average Bonchev–Trinajstić information content (AvgIpc) is 2.89. The number of aliphatic hydroxyl groups excluding tert-OH is 2. The number of aliphatic carboxylic acids is 1. The zero-order valence-corrected chi connectivity index (χ0v) is 17.1. The molecule has 1 aromatic rings. The molecule has 1 aliphatic rings. The summed E-state index contributed by atoms with van der Waals surface area (Å²) in [7, 11) is 0. The van der Waals surface area contributed by atoms with Crippen LogP contribution in [0.15, 0.2) is 36.4 Å². The van der Waals surface area contributed by atoms with Gasteiger partial charge in [-0.05, 0) is 35.6 Å².